The summed E-state index contributed by atoms with van der Waals surface area (Å²) in [5.74, 6) is 0. The van der Waals surface area contributed by atoms with Crippen LogP contribution >= 0.6 is 10.9 Å². The third kappa shape index (κ3) is 3.20. The molecule has 0 radical (unpaired) electrons. The normalized spacial score (nSPS) is 11.2. The van der Waals surface area contributed by atoms with Crippen LogP contribution in [0.3, 0.4) is 0 Å². The molecule has 0 spiro atoms. The molecule has 0 N–H and O–H groups in total. The Morgan fingerprint density at radius 3 is 1.29 bits per heavy atom. The van der Waals surface area contributed by atoms with Crippen LogP contribution in [-0.2, 0) is 0 Å². The van der Waals surface area contributed by atoms with Crippen LogP contribution in [0.5, 0.6) is 0 Å². The number of hydrogen-bond acceptors (Lipinski definition) is 0. The quantitative estimate of drug-likeness (QED) is 0.581. The summed E-state index contributed by atoms with van der Waals surface area (Å²) >= 11 is 0. The summed E-state index contributed by atoms with van der Waals surface area (Å²) < 4.78 is 0. The fraction of sp³-hybridized carbons (Fsp3) is 0.100. The van der Waals surface area contributed by atoms with Crippen LogP contribution in [0.25, 0.3) is 0 Å². The molecule has 0 aromatic heterocycles. The standard InChI is InChI=1S/C20H20S/c1-16-8-12-19(13-9-16)21(18-6-4-3-5-7-18)20-14-10-17(2)11-15-20/h3-15,21H,1-2H3. The van der Waals surface area contributed by atoms with Gasteiger partial charge in [0.05, 0.1) is 0 Å². The van der Waals surface area contributed by atoms with Crippen molar-refractivity contribution in [2.24, 2.45) is 0 Å². The second-order valence-electron chi connectivity index (χ2n) is 5.34. The Bertz CT molecular complexity index is 652. The summed E-state index contributed by atoms with van der Waals surface area (Å²) in [7, 11) is -0.471. The topological polar surface area (TPSA) is 0 Å². The second kappa shape index (κ2) is 6.19. The van der Waals surface area contributed by atoms with Crippen LogP contribution in [0.15, 0.2) is 93.5 Å². The van der Waals surface area contributed by atoms with Gasteiger partial charge < -0.3 is 0 Å². The highest BCUT2D eigenvalue weighted by Crippen LogP contribution is 2.51. The van der Waals surface area contributed by atoms with Crippen molar-refractivity contribution in [2.45, 2.75) is 28.5 Å². The molecule has 21 heavy (non-hydrogen) atoms. The van der Waals surface area contributed by atoms with Crippen molar-refractivity contribution in [2.75, 3.05) is 0 Å². The maximum atomic E-state index is 2.27. The number of rotatable bonds is 3. The van der Waals surface area contributed by atoms with Crippen LogP contribution in [0.1, 0.15) is 11.1 Å². The number of hydrogen-bond donors (Lipinski definition) is 1. The van der Waals surface area contributed by atoms with Crippen molar-refractivity contribution in [3.63, 3.8) is 0 Å². The van der Waals surface area contributed by atoms with Gasteiger partial charge in [0.25, 0.3) is 0 Å². The Morgan fingerprint density at radius 2 is 0.857 bits per heavy atom. The van der Waals surface area contributed by atoms with E-state index in [0.29, 0.717) is 0 Å². The van der Waals surface area contributed by atoms with Gasteiger partial charge in [0.15, 0.2) is 0 Å². The van der Waals surface area contributed by atoms with E-state index in [9.17, 15) is 0 Å². The molecule has 0 bridgehead atoms. The smallest absolute Gasteiger partial charge is 0.00450 e. The zero-order valence-corrected chi connectivity index (χ0v) is 13.3. The minimum atomic E-state index is -0.471. The van der Waals surface area contributed by atoms with E-state index in [1.807, 2.05) is 0 Å². The molecule has 0 saturated heterocycles. The van der Waals surface area contributed by atoms with Crippen molar-refractivity contribution >= 4 is 10.9 Å². The van der Waals surface area contributed by atoms with E-state index in [4.69, 9.17) is 0 Å². The molecule has 0 amide bonds. The third-order valence-electron chi connectivity index (χ3n) is 3.60. The molecule has 0 heterocycles. The van der Waals surface area contributed by atoms with Gasteiger partial charge in [-0.1, -0.05) is 53.6 Å². The predicted octanol–water partition coefficient (Wildman–Crippen LogP) is 5.78. The molecular formula is C20H20S. The highest BCUT2D eigenvalue weighted by Gasteiger charge is 2.12. The van der Waals surface area contributed by atoms with E-state index in [2.05, 4.69) is 92.7 Å². The maximum absolute atomic E-state index is 2.27. The number of benzene rings is 3. The van der Waals surface area contributed by atoms with Crippen LogP contribution in [0.4, 0.5) is 0 Å². The van der Waals surface area contributed by atoms with Gasteiger partial charge >= 0.3 is 0 Å². The summed E-state index contributed by atoms with van der Waals surface area (Å²) in [5.41, 5.74) is 2.62. The molecule has 3 rings (SSSR count). The number of thiol groups is 1. The SMILES string of the molecule is Cc1ccc([SH](c2ccccc2)c2ccc(C)cc2)cc1. The van der Waals surface area contributed by atoms with Gasteiger partial charge in [-0.3, -0.25) is 0 Å². The lowest BCUT2D eigenvalue weighted by Crippen LogP contribution is -1.88. The van der Waals surface area contributed by atoms with Crippen molar-refractivity contribution in [3.8, 4) is 0 Å². The molecule has 0 atom stereocenters. The fourth-order valence-electron chi connectivity index (χ4n) is 2.41. The highest BCUT2D eigenvalue weighted by atomic mass is 32.2. The average molecular weight is 292 g/mol. The van der Waals surface area contributed by atoms with Crippen LogP contribution < -0.4 is 0 Å². The molecule has 106 valence electrons. The van der Waals surface area contributed by atoms with Gasteiger partial charge in [0, 0.05) is 0 Å². The Hall–Kier alpha value is -1.99. The zero-order chi connectivity index (χ0) is 14.7. The Morgan fingerprint density at radius 1 is 0.476 bits per heavy atom. The molecule has 3 aromatic carbocycles. The minimum Gasteiger partial charge on any atom is -0.173 e. The summed E-state index contributed by atoms with van der Waals surface area (Å²) in [6.07, 6.45) is 0. The summed E-state index contributed by atoms with van der Waals surface area (Å²) in [5, 5.41) is 0. The minimum absolute atomic E-state index is 0.471. The molecule has 0 aliphatic carbocycles. The summed E-state index contributed by atoms with van der Waals surface area (Å²) in [6.45, 7) is 4.28. The van der Waals surface area contributed by atoms with Gasteiger partial charge in [0.2, 0.25) is 0 Å². The van der Waals surface area contributed by atoms with Gasteiger partial charge in [-0.25, -0.2) is 0 Å². The number of aryl methyl sites for hydroxylation is 2. The molecule has 0 unspecified atom stereocenters. The van der Waals surface area contributed by atoms with Crippen molar-refractivity contribution in [1.29, 1.82) is 0 Å². The second-order valence-corrected chi connectivity index (χ2v) is 7.56. The van der Waals surface area contributed by atoms with Gasteiger partial charge in [-0.05, 0) is 64.9 Å². The Balaban J connectivity index is 2.11. The zero-order valence-electron chi connectivity index (χ0n) is 12.5. The van der Waals surface area contributed by atoms with E-state index < -0.39 is 10.9 Å². The molecule has 0 aliphatic rings. The van der Waals surface area contributed by atoms with Crippen LogP contribution in [-0.4, -0.2) is 0 Å². The van der Waals surface area contributed by atoms with E-state index in [1.54, 1.807) is 0 Å². The van der Waals surface area contributed by atoms with Gasteiger partial charge in [0.1, 0.15) is 0 Å². The van der Waals surface area contributed by atoms with Gasteiger partial charge in [-0.15, -0.1) is 0 Å². The Labute approximate surface area is 129 Å². The first kappa shape index (κ1) is 14.0. The van der Waals surface area contributed by atoms with Crippen molar-refractivity contribution in [3.05, 3.63) is 90.0 Å². The first-order valence-corrected chi connectivity index (χ1v) is 8.57. The van der Waals surface area contributed by atoms with Gasteiger partial charge in [-0.2, -0.15) is 10.9 Å². The maximum Gasteiger partial charge on any atom is -0.00450 e. The lowest BCUT2D eigenvalue weighted by molar-refractivity contribution is 1.30. The lowest BCUT2D eigenvalue weighted by atomic mass is 10.2. The van der Waals surface area contributed by atoms with Crippen LogP contribution in [0.2, 0.25) is 0 Å². The molecule has 0 nitrogen and oxygen atoms in total. The molecule has 3 aromatic rings. The average Bonchev–Trinajstić information content (AvgIpc) is 2.52. The molecule has 0 saturated carbocycles. The fourth-order valence-corrected chi connectivity index (χ4v) is 4.67. The molecular weight excluding hydrogens is 272 g/mol. The largest absolute Gasteiger partial charge is 0.173 e. The van der Waals surface area contributed by atoms with Crippen molar-refractivity contribution in [1.82, 2.24) is 0 Å². The highest BCUT2D eigenvalue weighted by molar-refractivity contribution is 8.17. The monoisotopic (exact) mass is 292 g/mol. The summed E-state index contributed by atoms with van der Waals surface area (Å²) in [4.78, 5) is 4.22. The Kier molecular flexibility index (Phi) is 4.12. The van der Waals surface area contributed by atoms with E-state index in [1.165, 1.54) is 25.8 Å². The van der Waals surface area contributed by atoms with E-state index in [-0.39, 0.29) is 0 Å². The van der Waals surface area contributed by atoms with E-state index in [0.717, 1.165) is 0 Å². The molecule has 1 heteroatoms. The first-order chi connectivity index (χ1) is 10.2. The molecule has 0 aliphatic heterocycles. The lowest BCUT2D eigenvalue weighted by Gasteiger charge is -2.23. The summed E-state index contributed by atoms with van der Waals surface area (Å²) in [6, 6.07) is 28.8. The first-order valence-electron chi connectivity index (χ1n) is 7.22. The molecule has 0 fully saturated rings. The predicted molar refractivity (Wildman–Crippen MR) is 92.6 cm³/mol. The third-order valence-corrected chi connectivity index (χ3v) is 6.04. The van der Waals surface area contributed by atoms with Crippen LogP contribution in [0, 0.1) is 13.8 Å². The van der Waals surface area contributed by atoms with E-state index >= 15 is 0 Å². The van der Waals surface area contributed by atoms with Crippen molar-refractivity contribution < 1.29 is 0 Å².